The molecule has 102 valence electrons. The highest BCUT2D eigenvalue weighted by molar-refractivity contribution is 7.71. The van der Waals surface area contributed by atoms with E-state index in [0.29, 0.717) is 11.1 Å². The minimum Gasteiger partial charge on any atom is -0.335 e. The molecular formula is C14H17NO3S. The van der Waals surface area contributed by atoms with Crippen LogP contribution in [0.25, 0.3) is 0 Å². The van der Waals surface area contributed by atoms with Crippen molar-refractivity contribution in [1.82, 2.24) is 4.73 Å². The van der Waals surface area contributed by atoms with Crippen LogP contribution in [0.4, 0.5) is 0 Å². The number of rotatable bonds is 3. The zero-order valence-electron chi connectivity index (χ0n) is 11.3. The maximum absolute atomic E-state index is 12.1. The van der Waals surface area contributed by atoms with E-state index in [1.165, 1.54) is 4.73 Å². The first-order chi connectivity index (χ1) is 8.84. The van der Waals surface area contributed by atoms with Gasteiger partial charge in [0.25, 0.3) is 0 Å². The SMILES string of the molecule is CC(=O)[C@H]1C[C@@H](C(=O)On2ccccc2=S)C1(C)C. The topological polar surface area (TPSA) is 48.3 Å². The summed E-state index contributed by atoms with van der Waals surface area (Å²) in [5, 5.41) is 0. The molecule has 1 aromatic heterocycles. The number of pyridine rings is 1. The summed E-state index contributed by atoms with van der Waals surface area (Å²) in [4.78, 5) is 28.9. The Morgan fingerprint density at radius 1 is 1.37 bits per heavy atom. The molecule has 1 aliphatic rings. The van der Waals surface area contributed by atoms with E-state index in [4.69, 9.17) is 17.1 Å². The molecule has 5 heteroatoms. The summed E-state index contributed by atoms with van der Waals surface area (Å²) in [6, 6.07) is 5.21. The Morgan fingerprint density at radius 3 is 2.58 bits per heavy atom. The lowest BCUT2D eigenvalue weighted by Crippen LogP contribution is -2.53. The minimum absolute atomic E-state index is 0.0613. The molecule has 19 heavy (non-hydrogen) atoms. The van der Waals surface area contributed by atoms with Gasteiger partial charge in [0, 0.05) is 12.1 Å². The lowest BCUT2D eigenvalue weighted by atomic mass is 9.53. The highest BCUT2D eigenvalue weighted by Crippen LogP contribution is 2.51. The standard InChI is InChI=1S/C14H17NO3S/c1-9(16)10-8-11(14(10,2)3)13(17)18-15-7-5-4-6-12(15)19/h4-7,10-11H,8H2,1-3H3/t10-,11+/m1/s1. The Kier molecular flexibility index (Phi) is 3.58. The van der Waals surface area contributed by atoms with Crippen LogP contribution in [0.3, 0.4) is 0 Å². The summed E-state index contributed by atoms with van der Waals surface area (Å²) >= 11 is 5.06. The molecular weight excluding hydrogens is 262 g/mol. The normalized spacial score (nSPS) is 24.4. The van der Waals surface area contributed by atoms with Crippen molar-refractivity contribution in [3.05, 3.63) is 29.0 Å². The number of nitrogens with zero attached hydrogens (tertiary/aromatic N) is 1. The Balaban J connectivity index is 2.09. The number of carbonyl (C=O) groups is 2. The fourth-order valence-electron chi connectivity index (χ4n) is 2.66. The lowest BCUT2D eigenvalue weighted by Gasteiger charge is -2.49. The molecule has 4 nitrogen and oxygen atoms in total. The molecule has 0 aromatic carbocycles. The number of aromatic nitrogens is 1. The van der Waals surface area contributed by atoms with Crippen molar-refractivity contribution < 1.29 is 14.4 Å². The predicted octanol–water partition coefficient (Wildman–Crippen LogP) is 2.42. The molecule has 0 radical (unpaired) electrons. The predicted molar refractivity (Wildman–Crippen MR) is 72.9 cm³/mol. The first-order valence-electron chi connectivity index (χ1n) is 6.24. The van der Waals surface area contributed by atoms with Gasteiger partial charge in [0.1, 0.15) is 10.4 Å². The van der Waals surface area contributed by atoms with E-state index < -0.39 is 0 Å². The Morgan fingerprint density at radius 2 is 2.05 bits per heavy atom. The van der Waals surface area contributed by atoms with Crippen LogP contribution in [0.1, 0.15) is 27.2 Å². The fourth-order valence-corrected chi connectivity index (χ4v) is 2.84. The van der Waals surface area contributed by atoms with Crippen LogP contribution in [0.2, 0.25) is 0 Å². The van der Waals surface area contributed by atoms with Crippen molar-refractivity contribution >= 4 is 24.0 Å². The van der Waals surface area contributed by atoms with Crippen molar-refractivity contribution in [2.45, 2.75) is 27.2 Å². The van der Waals surface area contributed by atoms with Crippen LogP contribution in [0.5, 0.6) is 0 Å². The van der Waals surface area contributed by atoms with E-state index in [0.717, 1.165) is 0 Å². The van der Waals surface area contributed by atoms with Gasteiger partial charge in [-0.1, -0.05) is 32.1 Å². The third-order valence-electron chi connectivity index (χ3n) is 4.02. The summed E-state index contributed by atoms with van der Waals surface area (Å²) in [6.45, 7) is 5.43. The van der Waals surface area contributed by atoms with Crippen LogP contribution in [0.15, 0.2) is 24.4 Å². The molecule has 0 bridgehead atoms. The maximum atomic E-state index is 12.1. The van der Waals surface area contributed by atoms with Gasteiger partial charge in [-0.2, -0.15) is 4.73 Å². The average Bonchev–Trinajstić information content (AvgIpc) is 2.30. The van der Waals surface area contributed by atoms with Gasteiger partial charge in [-0.3, -0.25) is 4.79 Å². The molecule has 1 aliphatic carbocycles. The van der Waals surface area contributed by atoms with Gasteiger partial charge in [-0.05, 0) is 30.9 Å². The number of ketones is 1. The first kappa shape index (κ1) is 13.9. The molecule has 1 heterocycles. The molecule has 1 saturated carbocycles. The van der Waals surface area contributed by atoms with Crippen molar-refractivity contribution in [3.8, 4) is 0 Å². The number of hydrogen-bond donors (Lipinski definition) is 0. The van der Waals surface area contributed by atoms with Gasteiger partial charge in [0.15, 0.2) is 0 Å². The van der Waals surface area contributed by atoms with E-state index in [9.17, 15) is 9.59 Å². The summed E-state index contributed by atoms with van der Waals surface area (Å²) in [6.07, 6.45) is 2.16. The Hall–Kier alpha value is -1.49. The van der Waals surface area contributed by atoms with Crippen molar-refractivity contribution in [2.75, 3.05) is 0 Å². The van der Waals surface area contributed by atoms with Gasteiger partial charge in [-0.25, -0.2) is 4.79 Å². The first-order valence-corrected chi connectivity index (χ1v) is 6.65. The summed E-state index contributed by atoms with van der Waals surface area (Å²) < 4.78 is 1.73. The van der Waals surface area contributed by atoms with E-state index in [-0.39, 0.29) is 29.0 Å². The van der Waals surface area contributed by atoms with Crippen LogP contribution in [-0.4, -0.2) is 16.5 Å². The third kappa shape index (κ3) is 2.47. The van der Waals surface area contributed by atoms with E-state index in [1.54, 1.807) is 31.3 Å². The van der Waals surface area contributed by atoms with Crippen LogP contribution >= 0.6 is 12.2 Å². The van der Waals surface area contributed by atoms with Crippen LogP contribution in [-0.2, 0) is 9.59 Å². The molecule has 0 amide bonds. The smallest absolute Gasteiger partial charge is 0.335 e. The average molecular weight is 279 g/mol. The monoisotopic (exact) mass is 279 g/mol. The Bertz CT molecular complexity index is 576. The zero-order valence-corrected chi connectivity index (χ0v) is 12.1. The number of hydrogen-bond acceptors (Lipinski definition) is 4. The second-order valence-corrected chi connectivity index (χ2v) is 5.97. The second kappa shape index (κ2) is 4.89. The van der Waals surface area contributed by atoms with Gasteiger partial charge >= 0.3 is 5.97 Å². The van der Waals surface area contributed by atoms with Crippen molar-refractivity contribution in [1.29, 1.82) is 0 Å². The quantitative estimate of drug-likeness (QED) is 0.797. The van der Waals surface area contributed by atoms with Crippen molar-refractivity contribution in [3.63, 3.8) is 0 Å². The van der Waals surface area contributed by atoms with Gasteiger partial charge in [0.2, 0.25) is 0 Å². The molecule has 0 aliphatic heterocycles. The number of Topliss-reactive ketones (excluding diaryl/α,β-unsaturated/α-hetero) is 1. The van der Waals surface area contributed by atoms with Crippen LogP contribution < -0.4 is 4.84 Å². The molecule has 2 rings (SSSR count). The molecule has 0 spiro atoms. The lowest BCUT2D eigenvalue weighted by molar-refractivity contribution is -0.168. The highest BCUT2D eigenvalue weighted by atomic mass is 32.1. The molecule has 0 saturated heterocycles. The van der Waals surface area contributed by atoms with Crippen molar-refractivity contribution in [2.24, 2.45) is 17.3 Å². The van der Waals surface area contributed by atoms with Crippen LogP contribution in [0, 0.1) is 21.9 Å². The third-order valence-corrected chi connectivity index (χ3v) is 4.34. The minimum atomic E-state index is -0.347. The van der Waals surface area contributed by atoms with E-state index in [2.05, 4.69) is 0 Å². The second-order valence-electron chi connectivity index (χ2n) is 5.55. The largest absolute Gasteiger partial charge is 0.336 e. The summed E-state index contributed by atoms with van der Waals surface area (Å²) in [5.41, 5.74) is -0.347. The van der Waals surface area contributed by atoms with E-state index in [1.807, 2.05) is 13.8 Å². The maximum Gasteiger partial charge on any atom is 0.336 e. The molecule has 2 atom stereocenters. The van der Waals surface area contributed by atoms with Gasteiger partial charge in [0.05, 0.1) is 5.92 Å². The van der Waals surface area contributed by atoms with Gasteiger partial charge in [-0.15, -0.1) is 0 Å². The highest BCUT2D eigenvalue weighted by Gasteiger charge is 2.54. The molecule has 1 aromatic rings. The number of carbonyl (C=O) groups excluding carboxylic acids is 2. The summed E-state index contributed by atoms with van der Waals surface area (Å²) in [7, 11) is 0. The van der Waals surface area contributed by atoms with Gasteiger partial charge < -0.3 is 4.84 Å². The zero-order chi connectivity index (χ0) is 14.2. The molecule has 1 fully saturated rings. The van der Waals surface area contributed by atoms with E-state index >= 15 is 0 Å². The molecule has 0 N–H and O–H groups in total. The molecule has 0 unspecified atom stereocenters. The fraction of sp³-hybridized carbons (Fsp3) is 0.500. The Labute approximate surface area is 117 Å². The summed E-state index contributed by atoms with van der Waals surface area (Å²) in [5.74, 6) is -0.521.